The number of aromatic nitrogens is 4. The van der Waals surface area contributed by atoms with E-state index in [9.17, 15) is 20.4 Å². The van der Waals surface area contributed by atoms with Crippen molar-refractivity contribution >= 4 is 23.2 Å². The number of fused-ring (bicyclic) bond motifs is 1. The van der Waals surface area contributed by atoms with Gasteiger partial charge in [-0.2, -0.15) is 20.7 Å². The number of hydrogen-bond donors (Lipinski definition) is 1. The van der Waals surface area contributed by atoms with Crippen LogP contribution in [0.3, 0.4) is 0 Å². The summed E-state index contributed by atoms with van der Waals surface area (Å²) in [4.78, 5) is 15.6. The number of likely N-dealkylation sites (tertiary alicyclic amines) is 1. The molecule has 4 aromatic rings. The minimum Gasteiger partial charge on any atom is -0.384 e. The second-order valence-electron chi connectivity index (χ2n) is 8.73. The van der Waals surface area contributed by atoms with Gasteiger partial charge in [-0.15, -0.1) is 0 Å². The molecule has 0 aliphatic carbocycles. The number of amides is 1. The molecule has 0 bridgehead atoms. The molecule has 1 N–H and O–H groups in total. The first-order valence-electron chi connectivity index (χ1n) is 11.6. The first kappa shape index (κ1) is 23.6. The van der Waals surface area contributed by atoms with Gasteiger partial charge in [0.2, 0.25) is 0 Å². The van der Waals surface area contributed by atoms with Gasteiger partial charge in [0.15, 0.2) is 0 Å². The molecule has 3 aromatic heterocycles. The lowest BCUT2D eigenvalue weighted by Gasteiger charge is -2.33. The van der Waals surface area contributed by atoms with Crippen LogP contribution in [0.1, 0.15) is 36.9 Å². The molecule has 1 fully saturated rings. The van der Waals surface area contributed by atoms with E-state index in [0.29, 0.717) is 29.7 Å². The maximum absolute atomic E-state index is 12.3. The van der Waals surface area contributed by atoms with Crippen LogP contribution in [-0.4, -0.2) is 54.5 Å². The highest BCUT2D eigenvalue weighted by Gasteiger charge is 2.27. The van der Waals surface area contributed by atoms with Gasteiger partial charge < -0.3 is 10.0 Å². The number of carbonyl (C=O) groups is 1. The van der Waals surface area contributed by atoms with E-state index in [1.807, 2.05) is 41.3 Å². The fourth-order valence-corrected chi connectivity index (χ4v) is 5.58. The lowest BCUT2D eigenvalue weighted by atomic mass is 10.1. The largest absolute Gasteiger partial charge is 0.384 e. The van der Waals surface area contributed by atoms with Crippen molar-refractivity contribution in [1.82, 2.24) is 24.3 Å². The lowest BCUT2D eigenvalue weighted by Crippen LogP contribution is -2.44. The second-order valence-corrected chi connectivity index (χ2v) is 9.82. The molecule has 0 spiro atoms. The molecule has 36 heavy (non-hydrogen) atoms. The summed E-state index contributed by atoms with van der Waals surface area (Å²) in [5.41, 5.74) is 3.45. The van der Waals surface area contributed by atoms with Gasteiger partial charge in [-0.3, -0.25) is 9.48 Å². The number of aliphatic hydroxyl groups is 1. The zero-order valence-corrected chi connectivity index (χ0v) is 20.4. The van der Waals surface area contributed by atoms with Crippen molar-refractivity contribution in [2.75, 3.05) is 13.1 Å². The standard InChI is InChI=1S/C26H23N7O2S/c1-17(34)26(35)31-8-4-6-22(16-31)32-15-21(13-29-32)19-9-24(25-20(11-28)12-30-33(25)14-19)36-23-7-3-2-5-18(23)10-27/h2-3,5,7,9,12-15,17,22,34H,4,6,8,16H2,1H3/t17-,22+/m0/s1. The molecule has 2 atom stereocenters. The summed E-state index contributed by atoms with van der Waals surface area (Å²) >= 11 is 1.42. The van der Waals surface area contributed by atoms with Crippen molar-refractivity contribution in [3.8, 4) is 23.3 Å². The van der Waals surface area contributed by atoms with E-state index in [4.69, 9.17) is 0 Å². The third-order valence-corrected chi connectivity index (χ3v) is 7.41. The van der Waals surface area contributed by atoms with Gasteiger partial charge >= 0.3 is 0 Å². The smallest absolute Gasteiger partial charge is 0.251 e. The third-order valence-electron chi connectivity index (χ3n) is 6.30. The average Bonchev–Trinajstić information content (AvgIpc) is 3.56. The third kappa shape index (κ3) is 4.44. The summed E-state index contributed by atoms with van der Waals surface area (Å²) in [7, 11) is 0. The van der Waals surface area contributed by atoms with Gasteiger partial charge in [0.1, 0.15) is 18.2 Å². The number of carbonyl (C=O) groups excluding carboxylic acids is 1. The molecule has 0 radical (unpaired) electrons. The van der Waals surface area contributed by atoms with Crippen molar-refractivity contribution in [2.45, 2.75) is 41.7 Å². The highest BCUT2D eigenvalue weighted by Crippen LogP contribution is 2.37. The molecule has 1 aliphatic rings. The topological polar surface area (TPSA) is 123 Å². The average molecular weight is 498 g/mol. The second kappa shape index (κ2) is 9.86. The molecular formula is C26H23N7O2S. The van der Waals surface area contributed by atoms with Crippen LogP contribution in [0.15, 0.2) is 64.9 Å². The molecule has 180 valence electrons. The van der Waals surface area contributed by atoms with E-state index in [1.54, 1.807) is 27.9 Å². The van der Waals surface area contributed by atoms with E-state index in [0.717, 1.165) is 33.8 Å². The summed E-state index contributed by atoms with van der Waals surface area (Å²) in [6.07, 6.45) is 7.85. The number of nitriles is 2. The Morgan fingerprint density at radius 2 is 1.92 bits per heavy atom. The number of hydrogen-bond acceptors (Lipinski definition) is 7. The van der Waals surface area contributed by atoms with Gasteiger partial charge in [0.05, 0.1) is 35.1 Å². The Hall–Kier alpha value is -4.12. The number of rotatable bonds is 5. The molecule has 1 aliphatic heterocycles. The molecule has 4 heterocycles. The Labute approximate surface area is 212 Å². The van der Waals surface area contributed by atoms with Crippen molar-refractivity contribution in [1.29, 1.82) is 10.5 Å². The predicted molar refractivity (Wildman–Crippen MR) is 133 cm³/mol. The minimum atomic E-state index is -1.02. The van der Waals surface area contributed by atoms with Gasteiger partial charge in [-0.05, 0) is 38.0 Å². The zero-order valence-electron chi connectivity index (χ0n) is 19.6. The van der Waals surface area contributed by atoms with Crippen molar-refractivity contribution in [3.63, 3.8) is 0 Å². The highest BCUT2D eigenvalue weighted by molar-refractivity contribution is 7.99. The Morgan fingerprint density at radius 1 is 1.11 bits per heavy atom. The van der Waals surface area contributed by atoms with Crippen LogP contribution in [0.25, 0.3) is 16.6 Å². The van der Waals surface area contributed by atoms with Crippen LogP contribution in [0, 0.1) is 22.7 Å². The fraction of sp³-hybridized carbons (Fsp3) is 0.269. The summed E-state index contributed by atoms with van der Waals surface area (Å²) in [6, 6.07) is 13.8. The lowest BCUT2D eigenvalue weighted by molar-refractivity contribution is -0.141. The van der Waals surface area contributed by atoms with Gasteiger partial charge in [0, 0.05) is 46.4 Å². The van der Waals surface area contributed by atoms with E-state index in [2.05, 4.69) is 22.3 Å². The van der Waals surface area contributed by atoms with E-state index >= 15 is 0 Å². The normalized spacial score (nSPS) is 16.4. The van der Waals surface area contributed by atoms with Gasteiger partial charge in [-0.1, -0.05) is 23.9 Å². The molecule has 5 rings (SSSR count). The number of piperidine rings is 1. The molecule has 1 aromatic carbocycles. The monoisotopic (exact) mass is 497 g/mol. The number of pyridine rings is 1. The van der Waals surface area contributed by atoms with Crippen LogP contribution >= 0.6 is 11.8 Å². The quantitative estimate of drug-likeness (QED) is 0.446. The van der Waals surface area contributed by atoms with Gasteiger partial charge in [-0.25, -0.2) is 4.52 Å². The Kier molecular flexibility index (Phi) is 6.47. The van der Waals surface area contributed by atoms with Crippen molar-refractivity contribution in [3.05, 3.63) is 66.2 Å². The van der Waals surface area contributed by atoms with E-state index < -0.39 is 6.10 Å². The first-order valence-corrected chi connectivity index (χ1v) is 12.4. The molecular weight excluding hydrogens is 474 g/mol. The van der Waals surface area contributed by atoms with Crippen LogP contribution in [0.5, 0.6) is 0 Å². The number of nitrogens with zero attached hydrogens (tertiary/aromatic N) is 7. The van der Waals surface area contributed by atoms with Crippen molar-refractivity contribution < 1.29 is 9.90 Å². The zero-order chi connectivity index (χ0) is 25.2. The van der Waals surface area contributed by atoms with E-state index in [1.165, 1.54) is 18.7 Å². The number of benzene rings is 1. The molecule has 9 nitrogen and oxygen atoms in total. The van der Waals surface area contributed by atoms with E-state index in [-0.39, 0.29) is 11.9 Å². The fourth-order valence-electron chi connectivity index (χ4n) is 4.49. The molecule has 0 unspecified atom stereocenters. The predicted octanol–water partition coefficient (Wildman–Crippen LogP) is 3.64. The Morgan fingerprint density at radius 3 is 2.69 bits per heavy atom. The summed E-state index contributed by atoms with van der Waals surface area (Å²) < 4.78 is 3.56. The maximum Gasteiger partial charge on any atom is 0.251 e. The minimum absolute atomic E-state index is 0.0187. The summed E-state index contributed by atoms with van der Waals surface area (Å²) in [5.74, 6) is -0.260. The van der Waals surface area contributed by atoms with Crippen LogP contribution < -0.4 is 0 Å². The first-order chi connectivity index (χ1) is 17.5. The summed E-state index contributed by atoms with van der Waals surface area (Å²) in [5, 5.41) is 37.8. The molecule has 10 heteroatoms. The van der Waals surface area contributed by atoms with Crippen molar-refractivity contribution in [2.24, 2.45) is 0 Å². The van der Waals surface area contributed by atoms with Crippen LogP contribution in [-0.2, 0) is 4.79 Å². The van der Waals surface area contributed by atoms with Gasteiger partial charge in [0.25, 0.3) is 5.91 Å². The number of aliphatic hydroxyl groups excluding tert-OH is 1. The summed E-state index contributed by atoms with van der Waals surface area (Å²) in [6.45, 7) is 2.63. The van der Waals surface area contributed by atoms with Crippen LogP contribution in [0.4, 0.5) is 0 Å². The van der Waals surface area contributed by atoms with Crippen LogP contribution in [0.2, 0.25) is 0 Å². The molecule has 1 amide bonds. The molecule has 1 saturated heterocycles. The highest BCUT2D eigenvalue weighted by atomic mass is 32.2. The maximum atomic E-state index is 12.3. The molecule has 0 saturated carbocycles. The Balaban J connectivity index is 1.50. The SMILES string of the molecule is C[C@H](O)C(=O)N1CCC[C@@H](n2cc(-c3cc(Sc4ccccc4C#N)c4c(C#N)cnn4c3)cn2)C1. The Bertz CT molecular complexity index is 1530.